The van der Waals surface area contributed by atoms with E-state index in [0.717, 1.165) is 16.7 Å². The van der Waals surface area contributed by atoms with Crippen molar-refractivity contribution < 1.29 is 4.79 Å². The molecule has 0 fully saturated rings. The van der Waals surface area contributed by atoms with Crippen molar-refractivity contribution in [2.24, 2.45) is 0 Å². The second-order valence-corrected chi connectivity index (χ2v) is 7.95. The summed E-state index contributed by atoms with van der Waals surface area (Å²) in [5.74, 6) is -0.102. The van der Waals surface area contributed by atoms with Gasteiger partial charge in [0.15, 0.2) is 0 Å². The molecule has 4 nitrogen and oxygen atoms in total. The Labute approximate surface area is 195 Å². The van der Waals surface area contributed by atoms with E-state index in [1.165, 1.54) is 0 Å². The molecule has 4 rings (SSSR count). The van der Waals surface area contributed by atoms with Crippen LogP contribution in [0.25, 0.3) is 0 Å². The van der Waals surface area contributed by atoms with Crippen LogP contribution in [-0.2, 0) is 17.9 Å². The Morgan fingerprint density at radius 1 is 0.667 bits per heavy atom. The lowest BCUT2D eigenvalue weighted by Gasteiger charge is -2.22. The van der Waals surface area contributed by atoms with Gasteiger partial charge in [-0.1, -0.05) is 109 Å². The van der Waals surface area contributed by atoms with Crippen LogP contribution in [0.2, 0.25) is 0 Å². The molecule has 0 spiro atoms. The molecule has 0 unspecified atom stereocenters. The Balaban J connectivity index is 1.50. The number of amides is 1. The smallest absolute Gasteiger partial charge is 0.238 e. The summed E-state index contributed by atoms with van der Waals surface area (Å²) < 4.78 is 0. The molecule has 0 saturated heterocycles. The summed E-state index contributed by atoms with van der Waals surface area (Å²) in [7, 11) is 0. The van der Waals surface area contributed by atoms with Crippen LogP contribution < -0.4 is 5.32 Å². The number of carbonyl (C=O) groups is 1. The average molecular weight is 434 g/mol. The molecule has 0 aliphatic rings. The molecule has 0 aliphatic carbocycles. The fourth-order valence-corrected chi connectivity index (χ4v) is 3.81. The van der Waals surface area contributed by atoms with Crippen LogP contribution in [0.4, 0.5) is 5.69 Å². The Morgan fingerprint density at radius 3 is 1.73 bits per heavy atom. The van der Waals surface area contributed by atoms with Crippen molar-refractivity contribution in [1.82, 2.24) is 4.90 Å². The lowest BCUT2D eigenvalue weighted by Crippen LogP contribution is -2.33. The maximum absolute atomic E-state index is 13.1. The minimum absolute atomic E-state index is 0.102. The summed E-state index contributed by atoms with van der Waals surface area (Å²) in [4.78, 5) is 15.2. The summed E-state index contributed by atoms with van der Waals surface area (Å²) in [6.45, 7) is 1.59. The van der Waals surface area contributed by atoms with Crippen LogP contribution in [0.5, 0.6) is 0 Å². The summed E-state index contributed by atoms with van der Waals surface area (Å²) in [5.41, 5.74) is 4.87. The van der Waals surface area contributed by atoms with E-state index < -0.39 is 0 Å². The topological polar surface area (TPSA) is 56.2 Å². The van der Waals surface area contributed by atoms with Crippen LogP contribution >= 0.6 is 0 Å². The van der Waals surface area contributed by atoms with Crippen molar-refractivity contribution in [3.05, 3.63) is 138 Å². The fourth-order valence-electron chi connectivity index (χ4n) is 3.81. The standard InChI is InChI=1S/C29H27N3O/c30-29(25-16-8-3-9-17-25)26-18-10-11-19-27(26)31-28(33)22-32(20-23-12-4-1-5-13-23)21-24-14-6-2-7-15-24/h1-19,30H,20-22H2,(H,31,33). The van der Waals surface area contributed by atoms with Gasteiger partial charge in [0, 0.05) is 24.2 Å². The van der Waals surface area contributed by atoms with Gasteiger partial charge in [-0.3, -0.25) is 15.1 Å². The van der Waals surface area contributed by atoms with Gasteiger partial charge in [-0.15, -0.1) is 0 Å². The van der Waals surface area contributed by atoms with Gasteiger partial charge in [0.25, 0.3) is 0 Å². The Bertz CT molecular complexity index is 1150. The largest absolute Gasteiger partial charge is 0.324 e. The van der Waals surface area contributed by atoms with Gasteiger partial charge in [0.05, 0.1) is 17.9 Å². The van der Waals surface area contributed by atoms with Crippen molar-refractivity contribution >= 4 is 17.3 Å². The number of nitrogens with zero attached hydrogens (tertiary/aromatic N) is 1. The average Bonchev–Trinajstić information content (AvgIpc) is 2.85. The van der Waals surface area contributed by atoms with Crippen molar-refractivity contribution in [2.45, 2.75) is 13.1 Å². The van der Waals surface area contributed by atoms with Gasteiger partial charge < -0.3 is 5.32 Å². The zero-order valence-electron chi connectivity index (χ0n) is 18.4. The molecule has 0 aromatic heterocycles. The minimum Gasteiger partial charge on any atom is -0.324 e. The Morgan fingerprint density at radius 2 is 1.15 bits per heavy atom. The molecule has 0 atom stereocenters. The minimum atomic E-state index is -0.102. The van der Waals surface area contributed by atoms with Crippen molar-refractivity contribution in [3.8, 4) is 0 Å². The molecular weight excluding hydrogens is 406 g/mol. The molecule has 0 bridgehead atoms. The van der Waals surface area contributed by atoms with Gasteiger partial charge in [0.1, 0.15) is 0 Å². The van der Waals surface area contributed by atoms with Crippen molar-refractivity contribution in [1.29, 1.82) is 5.41 Å². The molecule has 4 aromatic rings. The summed E-state index contributed by atoms with van der Waals surface area (Å²) in [5, 5.41) is 11.7. The third-order valence-corrected chi connectivity index (χ3v) is 5.40. The fraction of sp³-hybridized carbons (Fsp3) is 0.103. The second-order valence-electron chi connectivity index (χ2n) is 7.95. The summed E-state index contributed by atoms with van der Waals surface area (Å²) in [6.07, 6.45) is 0. The molecule has 0 saturated carbocycles. The molecule has 4 aromatic carbocycles. The van der Waals surface area contributed by atoms with Crippen LogP contribution in [-0.4, -0.2) is 23.1 Å². The highest BCUT2D eigenvalue weighted by Gasteiger charge is 2.15. The number of hydrogen-bond donors (Lipinski definition) is 2. The highest BCUT2D eigenvalue weighted by molar-refractivity contribution is 6.15. The van der Waals surface area contributed by atoms with Gasteiger partial charge in [-0.2, -0.15) is 0 Å². The van der Waals surface area contributed by atoms with E-state index in [1.807, 2.05) is 91.0 Å². The maximum Gasteiger partial charge on any atom is 0.238 e. The highest BCUT2D eigenvalue weighted by atomic mass is 16.2. The Hall–Kier alpha value is -4.02. The first-order valence-corrected chi connectivity index (χ1v) is 11.0. The summed E-state index contributed by atoms with van der Waals surface area (Å²) >= 11 is 0. The van der Waals surface area contributed by atoms with Crippen molar-refractivity contribution in [2.75, 3.05) is 11.9 Å². The third-order valence-electron chi connectivity index (χ3n) is 5.40. The number of carbonyl (C=O) groups excluding carboxylic acids is 1. The molecule has 164 valence electrons. The molecule has 0 aliphatic heterocycles. The zero-order chi connectivity index (χ0) is 22.9. The SMILES string of the molecule is N=C(c1ccccc1)c1ccccc1NC(=O)CN(Cc1ccccc1)Cc1ccccc1. The molecular formula is C29H27N3O. The predicted octanol–water partition coefficient (Wildman–Crippen LogP) is 5.74. The van der Waals surface area contributed by atoms with E-state index >= 15 is 0 Å². The first-order valence-electron chi connectivity index (χ1n) is 11.0. The third kappa shape index (κ3) is 6.25. The van der Waals surface area contributed by atoms with E-state index in [1.54, 1.807) is 0 Å². The van der Waals surface area contributed by atoms with Gasteiger partial charge in [-0.25, -0.2) is 0 Å². The molecule has 0 radical (unpaired) electrons. The Kier molecular flexibility index (Phi) is 7.41. The van der Waals surface area contributed by atoms with Crippen LogP contribution in [0.15, 0.2) is 115 Å². The number of benzene rings is 4. The van der Waals surface area contributed by atoms with Crippen LogP contribution in [0.1, 0.15) is 22.3 Å². The van der Waals surface area contributed by atoms with Crippen LogP contribution in [0.3, 0.4) is 0 Å². The number of hydrogen-bond acceptors (Lipinski definition) is 3. The van der Waals surface area contributed by atoms with E-state index in [4.69, 9.17) is 5.41 Å². The molecule has 1 amide bonds. The number of nitrogens with one attached hydrogen (secondary N) is 2. The highest BCUT2D eigenvalue weighted by Crippen LogP contribution is 2.20. The zero-order valence-corrected chi connectivity index (χ0v) is 18.4. The van der Waals surface area contributed by atoms with Crippen LogP contribution in [0, 0.1) is 5.41 Å². The lowest BCUT2D eigenvalue weighted by atomic mass is 10.0. The quantitative estimate of drug-likeness (QED) is 0.331. The van der Waals surface area contributed by atoms with Gasteiger partial charge >= 0.3 is 0 Å². The summed E-state index contributed by atoms with van der Waals surface area (Å²) in [6, 6.07) is 37.4. The predicted molar refractivity (Wildman–Crippen MR) is 134 cm³/mol. The van der Waals surface area contributed by atoms with E-state index in [2.05, 4.69) is 34.5 Å². The van der Waals surface area contributed by atoms with Crippen molar-refractivity contribution in [3.63, 3.8) is 0 Å². The lowest BCUT2D eigenvalue weighted by molar-refractivity contribution is -0.117. The molecule has 2 N–H and O–H groups in total. The van der Waals surface area contributed by atoms with E-state index in [0.29, 0.717) is 30.1 Å². The first kappa shape index (κ1) is 22.2. The van der Waals surface area contributed by atoms with Gasteiger partial charge in [0.2, 0.25) is 5.91 Å². The molecule has 4 heteroatoms. The van der Waals surface area contributed by atoms with Gasteiger partial charge in [-0.05, 0) is 17.2 Å². The number of para-hydroxylation sites is 1. The second kappa shape index (κ2) is 11.0. The number of rotatable bonds is 9. The monoisotopic (exact) mass is 433 g/mol. The number of anilines is 1. The molecule has 33 heavy (non-hydrogen) atoms. The van der Waals surface area contributed by atoms with E-state index in [-0.39, 0.29) is 12.5 Å². The first-order chi connectivity index (χ1) is 16.2. The maximum atomic E-state index is 13.1. The van der Waals surface area contributed by atoms with E-state index in [9.17, 15) is 4.79 Å². The normalized spacial score (nSPS) is 10.7. The molecule has 0 heterocycles.